The largest absolute Gasteiger partial charge is 0.573 e. The Labute approximate surface area is 228 Å². The number of ether oxygens (including phenoxy) is 1. The molecule has 39 heavy (non-hydrogen) atoms. The second kappa shape index (κ2) is 10.8. The molecule has 2 aromatic heterocycles. The van der Waals surface area contributed by atoms with Crippen LogP contribution in [0.2, 0.25) is 0 Å². The summed E-state index contributed by atoms with van der Waals surface area (Å²) in [6.07, 6.45) is -1.44. The highest BCUT2D eigenvalue weighted by Gasteiger charge is 2.32. The number of nitrogens with one attached hydrogen (secondary N) is 1. The lowest BCUT2D eigenvalue weighted by Gasteiger charge is -2.33. The third-order valence-corrected chi connectivity index (χ3v) is 9.79. The van der Waals surface area contributed by atoms with Crippen LogP contribution in [0.1, 0.15) is 24.8 Å². The molecule has 0 spiro atoms. The molecular weight excluding hydrogens is 553 g/mol. The Morgan fingerprint density at radius 3 is 2.51 bits per heavy atom. The maximum atomic E-state index is 12.8. The second-order valence-corrected chi connectivity index (χ2v) is 13.3. The predicted octanol–water partition coefficient (Wildman–Crippen LogP) is 4.46. The van der Waals surface area contributed by atoms with E-state index in [4.69, 9.17) is 4.98 Å². The Hall–Kier alpha value is -3.06. The minimum Gasteiger partial charge on any atom is -0.406 e. The summed E-state index contributed by atoms with van der Waals surface area (Å²) in [5.41, 5.74) is 2.52. The molecule has 0 aliphatic carbocycles. The van der Waals surface area contributed by atoms with Gasteiger partial charge in [-0.05, 0) is 48.4 Å². The van der Waals surface area contributed by atoms with Crippen LogP contribution in [0.3, 0.4) is 0 Å². The summed E-state index contributed by atoms with van der Waals surface area (Å²) in [5, 5.41) is 5.15. The van der Waals surface area contributed by atoms with Crippen molar-refractivity contribution in [2.75, 3.05) is 42.7 Å². The number of piperidine rings is 1. The summed E-state index contributed by atoms with van der Waals surface area (Å²) in [4.78, 5) is 21.6. The van der Waals surface area contributed by atoms with E-state index in [2.05, 4.69) is 15.0 Å². The molecule has 0 unspecified atom stereocenters. The topological polar surface area (TPSA) is 91.8 Å². The highest BCUT2D eigenvalue weighted by Crippen LogP contribution is 2.35. The maximum absolute atomic E-state index is 12.8. The summed E-state index contributed by atoms with van der Waals surface area (Å²) in [7, 11) is -3.06. The lowest BCUT2D eigenvalue weighted by molar-refractivity contribution is -0.274. The number of anilines is 2. The SMILES string of the molecule is CS(=O)(=O)C1CCN(c2cc(N[C@H]3CCN(C(=O)Cc4ccc(OC(F)(F)F)cc4)C3)nc3ccsc23)CC1. The van der Waals surface area contributed by atoms with Gasteiger partial charge in [0.2, 0.25) is 5.91 Å². The number of halogens is 3. The number of carbonyl (C=O) groups is 1. The van der Waals surface area contributed by atoms with Crippen molar-refractivity contribution in [3.05, 3.63) is 47.3 Å². The Kier molecular flexibility index (Phi) is 7.64. The van der Waals surface area contributed by atoms with E-state index in [1.807, 2.05) is 17.5 Å². The number of rotatable bonds is 7. The molecule has 2 aliphatic rings. The Bertz CT molecular complexity index is 1440. The standard InChI is InChI=1S/C26H29F3N4O4S2/c1-39(35,36)20-7-11-32(12-8-20)22-15-23(31-21-9-13-38-25(21)22)30-18-6-10-33(16-18)24(34)14-17-2-4-19(5-3-17)37-26(27,28)29/h2-5,9,13,15,18,20H,6-8,10-12,14,16H2,1H3,(H,30,31)/t18-/m0/s1. The van der Waals surface area contributed by atoms with Crippen molar-refractivity contribution in [2.45, 2.75) is 43.3 Å². The first-order valence-electron chi connectivity index (χ1n) is 12.7. The molecule has 2 fully saturated rings. The van der Waals surface area contributed by atoms with Gasteiger partial charge in [-0.2, -0.15) is 0 Å². The number of alkyl halides is 3. The summed E-state index contributed by atoms with van der Waals surface area (Å²) < 4.78 is 66.0. The lowest BCUT2D eigenvalue weighted by atomic mass is 10.1. The number of sulfone groups is 1. The first-order chi connectivity index (χ1) is 18.4. The van der Waals surface area contributed by atoms with Gasteiger partial charge in [-0.15, -0.1) is 24.5 Å². The molecule has 4 heterocycles. The fourth-order valence-electron chi connectivity index (χ4n) is 5.18. The van der Waals surface area contributed by atoms with Gasteiger partial charge in [0.1, 0.15) is 21.4 Å². The minimum atomic E-state index is -4.76. The van der Waals surface area contributed by atoms with Gasteiger partial charge in [0, 0.05) is 44.5 Å². The van der Waals surface area contributed by atoms with E-state index in [0.717, 1.165) is 22.3 Å². The first-order valence-corrected chi connectivity index (χ1v) is 15.5. The van der Waals surface area contributed by atoms with Crippen LogP contribution in [0, 0.1) is 0 Å². The van der Waals surface area contributed by atoms with Crippen molar-refractivity contribution in [1.29, 1.82) is 0 Å². The fraction of sp³-hybridized carbons (Fsp3) is 0.462. The van der Waals surface area contributed by atoms with Crippen LogP contribution in [0.5, 0.6) is 5.75 Å². The number of carbonyl (C=O) groups excluding carboxylic acids is 1. The van der Waals surface area contributed by atoms with Gasteiger partial charge in [-0.1, -0.05) is 12.1 Å². The zero-order valence-corrected chi connectivity index (χ0v) is 22.9. The minimum absolute atomic E-state index is 0.00363. The Morgan fingerprint density at radius 2 is 1.85 bits per heavy atom. The van der Waals surface area contributed by atoms with Gasteiger partial charge < -0.3 is 19.9 Å². The number of aromatic nitrogens is 1. The maximum Gasteiger partial charge on any atom is 0.573 e. The molecule has 1 aromatic carbocycles. The number of fused-ring (bicyclic) bond motifs is 1. The number of pyridine rings is 1. The normalized spacial score (nSPS) is 19.0. The van der Waals surface area contributed by atoms with Crippen molar-refractivity contribution in [2.24, 2.45) is 0 Å². The zero-order chi connectivity index (χ0) is 27.8. The number of likely N-dealkylation sites (tertiary alicyclic amines) is 1. The van der Waals surface area contributed by atoms with Gasteiger partial charge in [0.15, 0.2) is 0 Å². The molecule has 1 atom stereocenters. The van der Waals surface area contributed by atoms with Crippen molar-refractivity contribution >= 4 is 48.8 Å². The number of nitrogens with zero attached hydrogens (tertiary/aromatic N) is 3. The summed E-state index contributed by atoms with van der Waals surface area (Å²) >= 11 is 1.61. The van der Waals surface area contributed by atoms with E-state index in [1.165, 1.54) is 30.5 Å². The number of hydrogen-bond acceptors (Lipinski definition) is 8. The van der Waals surface area contributed by atoms with Gasteiger partial charge in [0.05, 0.1) is 27.6 Å². The molecule has 0 radical (unpaired) electrons. The second-order valence-electron chi connectivity index (χ2n) is 10.0. The van der Waals surface area contributed by atoms with E-state index < -0.39 is 16.2 Å². The van der Waals surface area contributed by atoms with E-state index in [-0.39, 0.29) is 29.4 Å². The molecule has 8 nitrogen and oxygen atoms in total. The van der Waals surface area contributed by atoms with E-state index in [1.54, 1.807) is 16.2 Å². The molecular formula is C26H29F3N4O4S2. The van der Waals surface area contributed by atoms with Crippen LogP contribution >= 0.6 is 11.3 Å². The third kappa shape index (κ3) is 6.75. The first kappa shape index (κ1) is 27.5. The van der Waals surface area contributed by atoms with Crippen molar-refractivity contribution in [3.8, 4) is 5.75 Å². The Morgan fingerprint density at radius 1 is 1.13 bits per heavy atom. The zero-order valence-electron chi connectivity index (χ0n) is 21.3. The highest BCUT2D eigenvalue weighted by atomic mass is 32.2. The van der Waals surface area contributed by atoms with Crippen LogP contribution in [0.4, 0.5) is 24.7 Å². The smallest absolute Gasteiger partial charge is 0.406 e. The quantitative estimate of drug-likeness (QED) is 0.440. The molecule has 5 rings (SSSR count). The van der Waals surface area contributed by atoms with Gasteiger partial charge >= 0.3 is 6.36 Å². The van der Waals surface area contributed by atoms with Gasteiger partial charge in [-0.25, -0.2) is 13.4 Å². The van der Waals surface area contributed by atoms with E-state index in [0.29, 0.717) is 50.4 Å². The van der Waals surface area contributed by atoms with Crippen LogP contribution in [-0.2, 0) is 21.1 Å². The van der Waals surface area contributed by atoms with Crippen LogP contribution in [0.25, 0.3) is 10.2 Å². The number of amides is 1. The molecule has 2 aliphatic heterocycles. The molecule has 13 heteroatoms. The lowest BCUT2D eigenvalue weighted by Crippen LogP contribution is -2.39. The van der Waals surface area contributed by atoms with E-state index >= 15 is 0 Å². The Balaban J connectivity index is 1.20. The molecule has 0 saturated carbocycles. The van der Waals surface area contributed by atoms with Crippen molar-refractivity contribution in [3.63, 3.8) is 0 Å². The van der Waals surface area contributed by atoms with Crippen LogP contribution in [0.15, 0.2) is 41.8 Å². The van der Waals surface area contributed by atoms with Gasteiger partial charge in [-0.3, -0.25) is 4.79 Å². The molecule has 210 valence electrons. The number of benzene rings is 1. The number of hydrogen-bond donors (Lipinski definition) is 1. The molecule has 3 aromatic rings. The van der Waals surface area contributed by atoms with Crippen LogP contribution in [-0.4, -0.2) is 74.3 Å². The summed E-state index contributed by atoms with van der Waals surface area (Å²) in [6.45, 7) is 2.37. The fourth-order valence-corrected chi connectivity index (χ4v) is 7.13. The van der Waals surface area contributed by atoms with Crippen LogP contribution < -0.4 is 15.0 Å². The average Bonchev–Trinajstić information content (AvgIpc) is 3.53. The van der Waals surface area contributed by atoms with E-state index in [9.17, 15) is 26.4 Å². The third-order valence-electron chi connectivity index (χ3n) is 7.18. The molecule has 1 N–H and O–H groups in total. The molecule has 2 saturated heterocycles. The average molecular weight is 583 g/mol. The summed E-state index contributed by atoms with van der Waals surface area (Å²) in [5.74, 6) is 0.290. The monoisotopic (exact) mass is 582 g/mol. The highest BCUT2D eigenvalue weighted by molar-refractivity contribution is 7.91. The molecule has 0 bridgehead atoms. The summed E-state index contributed by atoms with van der Waals surface area (Å²) in [6, 6.07) is 9.32. The van der Waals surface area contributed by atoms with Crippen molar-refractivity contribution < 1.29 is 31.1 Å². The van der Waals surface area contributed by atoms with Gasteiger partial charge in [0.25, 0.3) is 0 Å². The molecule has 1 amide bonds. The van der Waals surface area contributed by atoms with Crippen molar-refractivity contribution in [1.82, 2.24) is 9.88 Å². The predicted molar refractivity (Wildman–Crippen MR) is 145 cm³/mol. The number of thiophene rings is 1.